The Kier molecular flexibility index (Phi) is 5.47. The van der Waals surface area contributed by atoms with Crippen LogP contribution in [0.4, 0.5) is 0 Å². The number of thiophene rings is 1. The average molecular weight is 406 g/mol. The van der Waals surface area contributed by atoms with Gasteiger partial charge in [-0.15, -0.1) is 0 Å². The maximum absolute atomic E-state index is 11.9. The number of fused-ring (bicyclic) bond motifs is 1. The molecule has 29 heavy (non-hydrogen) atoms. The fraction of sp³-hybridized carbons (Fsp3) is 0.217. The first kappa shape index (κ1) is 19.4. The molecule has 0 spiro atoms. The predicted octanol–water partition coefficient (Wildman–Crippen LogP) is 5.08. The van der Waals surface area contributed by atoms with Gasteiger partial charge in [0.05, 0.1) is 5.56 Å². The van der Waals surface area contributed by atoms with Crippen LogP contribution in [0.1, 0.15) is 16.8 Å². The van der Waals surface area contributed by atoms with E-state index in [1.165, 1.54) is 0 Å². The summed E-state index contributed by atoms with van der Waals surface area (Å²) in [5, 5.41) is 14.7. The van der Waals surface area contributed by atoms with Crippen LogP contribution in [0.2, 0.25) is 0 Å². The number of aromatic carboxylic acids is 1. The van der Waals surface area contributed by atoms with Crippen molar-refractivity contribution in [3.8, 4) is 22.3 Å². The smallest absolute Gasteiger partial charge is 0.336 e. The number of aryl methyl sites for hydroxylation is 1. The van der Waals surface area contributed by atoms with Crippen molar-refractivity contribution in [1.29, 1.82) is 0 Å². The number of hydrogen-bond acceptors (Lipinski definition) is 4. The van der Waals surface area contributed by atoms with Gasteiger partial charge in [-0.3, -0.25) is 4.98 Å². The van der Waals surface area contributed by atoms with Crippen LogP contribution in [0.5, 0.6) is 0 Å². The van der Waals surface area contributed by atoms with Gasteiger partial charge in [-0.1, -0.05) is 6.07 Å². The summed E-state index contributed by atoms with van der Waals surface area (Å²) in [7, 11) is 4.12. The summed E-state index contributed by atoms with van der Waals surface area (Å²) in [6.45, 7) is 1.80. The van der Waals surface area contributed by atoms with Gasteiger partial charge in [0.25, 0.3) is 0 Å². The Bertz CT molecular complexity index is 1150. The average Bonchev–Trinajstić information content (AvgIpc) is 3.36. The second-order valence-electron chi connectivity index (χ2n) is 7.37. The van der Waals surface area contributed by atoms with Crippen molar-refractivity contribution < 1.29 is 9.90 Å². The van der Waals surface area contributed by atoms with Crippen LogP contribution in [0.25, 0.3) is 33.2 Å². The molecule has 0 aliphatic carbocycles. The molecule has 3 aromatic heterocycles. The van der Waals surface area contributed by atoms with Gasteiger partial charge in [0.2, 0.25) is 0 Å². The van der Waals surface area contributed by atoms with E-state index in [2.05, 4.69) is 52.3 Å². The Morgan fingerprint density at radius 2 is 2.00 bits per heavy atom. The van der Waals surface area contributed by atoms with Gasteiger partial charge < -0.3 is 14.6 Å². The minimum Gasteiger partial charge on any atom is -0.478 e. The number of pyridine rings is 1. The maximum Gasteiger partial charge on any atom is 0.336 e. The zero-order chi connectivity index (χ0) is 20.4. The molecular weight excluding hydrogens is 382 g/mol. The third-order valence-corrected chi connectivity index (χ3v) is 5.73. The van der Waals surface area contributed by atoms with Crippen LogP contribution in [0.15, 0.2) is 59.7 Å². The molecule has 4 aromatic rings. The number of nitrogens with zero attached hydrogens (tertiary/aromatic N) is 3. The first-order valence-electron chi connectivity index (χ1n) is 9.52. The Morgan fingerprint density at radius 1 is 1.17 bits per heavy atom. The molecule has 0 bridgehead atoms. The molecule has 0 atom stereocenters. The van der Waals surface area contributed by atoms with Crippen LogP contribution in [-0.4, -0.2) is 46.2 Å². The highest BCUT2D eigenvalue weighted by atomic mass is 32.1. The van der Waals surface area contributed by atoms with E-state index < -0.39 is 5.97 Å². The molecule has 5 nitrogen and oxygen atoms in total. The topological polar surface area (TPSA) is 58.4 Å². The monoisotopic (exact) mass is 405 g/mol. The van der Waals surface area contributed by atoms with Crippen LogP contribution in [0, 0.1) is 0 Å². The minimum absolute atomic E-state index is 0.324. The Hall–Kier alpha value is -2.96. The second-order valence-corrected chi connectivity index (χ2v) is 8.15. The molecule has 1 aromatic carbocycles. The normalized spacial score (nSPS) is 11.4. The Morgan fingerprint density at radius 3 is 2.72 bits per heavy atom. The molecule has 4 rings (SSSR count). The molecule has 0 aliphatic heterocycles. The highest BCUT2D eigenvalue weighted by Gasteiger charge is 2.18. The van der Waals surface area contributed by atoms with E-state index >= 15 is 0 Å². The number of benzene rings is 1. The fourth-order valence-electron chi connectivity index (χ4n) is 3.67. The largest absolute Gasteiger partial charge is 0.478 e. The zero-order valence-corrected chi connectivity index (χ0v) is 17.3. The molecule has 1 N–H and O–H groups in total. The van der Waals surface area contributed by atoms with Crippen molar-refractivity contribution in [2.45, 2.75) is 13.0 Å². The van der Waals surface area contributed by atoms with E-state index in [1.54, 1.807) is 17.4 Å². The van der Waals surface area contributed by atoms with Crippen LogP contribution in [0.3, 0.4) is 0 Å². The zero-order valence-electron chi connectivity index (χ0n) is 16.5. The highest BCUT2D eigenvalue weighted by molar-refractivity contribution is 7.08. The highest BCUT2D eigenvalue weighted by Crippen LogP contribution is 2.35. The predicted molar refractivity (Wildman–Crippen MR) is 119 cm³/mol. The number of carboxylic acids is 1. The third kappa shape index (κ3) is 3.95. The summed E-state index contributed by atoms with van der Waals surface area (Å²) in [5.41, 5.74) is 5.26. The Balaban J connectivity index is 1.85. The molecule has 0 aliphatic rings. The lowest BCUT2D eigenvalue weighted by Gasteiger charge is -2.10. The standard InChI is InChI=1S/C23H23N3O2S/c1-25(2)8-4-9-26-14-20(22-19(23(27)28)5-3-6-21(22)26)18-11-17(12-24-13-18)16-7-10-29-15-16/h3,5-7,10-15H,4,8-9H2,1-2H3,(H,27,28). The first-order chi connectivity index (χ1) is 14.0. The molecule has 0 unspecified atom stereocenters. The number of carbonyl (C=O) groups is 1. The van der Waals surface area contributed by atoms with E-state index in [0.717, 1.165) is 52.7 Å². The molecule has 0 amide bonds. The number of carboxylic acid groups (broad SMARTS) is 1. The van der Waals surface area contributed by atoms with Crippen molar-refractivity contribution in [3.63, 3.8) is 0 Å². The molecule has 3 heterocycles. The summed E-state index contributed by atoms with van der Waals surface area (Å²) < 4.78 is 2.16. The number of rotatable bonds is 7. The second kappa shape index (κ2) is 8.19. The van der Waals surface area contributed by atoms with Crippen molar-refractivity contribution in [3.05, 3.63) is 65.2 Å². The quantitative estimate of drug-likeness (QED) is 0.466. The molecule has 0 saturated carbocycles. The molecule has 0 saturated heterocycles. The number of aromatic nitrogens is 2. The number of hydrogen-bond donors (Lipinski definition) is 1. The van der Waals surface area contributed by atoms with Gasteiger partial charge in [0.1, 0.15) is 0 Å². The van der Waals surface area contributed by atoms with Crippen LogP contribution in [-0.2, 0) is 6.54 Å². The van der Waals surface area contributed by atoms with Crippen molar-refractivity contribution in [1.82, 2.24) is 14.5 Å². The van der Waals surface area contributed by atoms with Crippen LogP contribution < -0.4 is 0 Å². The van der Waals surface area contributed by atoms with Gasteiger partial charge in [0, 0.05) is 52.7 Å². The summed E-state index contributed by atoms with van der Waals surface area (Å²) in [6, 6.07) is 9.65. The SMILES string of the molecule is CN(C)CCCn1cc(-c2cncc(-c3ccsc3)c2)c2c(C(=O)O)cccc21. The lowest BCUT2D eigenvalue weighted by molar-refractivity contribution is 0.0699. The van der Waals surface area contributed by atoms with E-state index in [-0.39, 0.29) is 0 Å². The minimum atomic E-state index is -0.912. The van der Waals surface area contributed by atoms with E-state index in [9.17, 15) is 9.90 Å². The lowest BCUT2D eigenvalue weighted by atomic mass is 10.00. The molecular formula is C23H23N3O2S. The molecule has 6 heteroatoms. The van der Waals surface area contributed by atoms with E-state index in [0.29, 0.717) is 5.56 Å². The van der Waals surface area contributed by atoms with Gasteiger partial charge in [-0.25, -0.2) is 4.79 Å². The molecule has 0 radical (unpaired) electrons. The summed E-state index contributed by atoms with van der Waals surface area (Å²) in [5.74, 6) is -0.912. The van der Waals surface area contributed by atoms with Crippen molar-refractivity contribution >= 4 is 28.2 Å². The van der Waals surface area contributed by atoms with E-state index in [4.69, 9.17) is 0 Å². The summed E-state index contributed by atoms with van der Waals surface area (Å²) >= 11 is 1.65. The van der Waals surface area contributed by atoms with E-state index in [1.807, 2.05) is 29.9 Å². The van der Waals surface area contributed by atoms with Gasteiger partial charge >= 0.3 is 5.97 Å². The summed E-state index contributed by atoms with van der Waals surface area (Å²) in [6.07, 6.45) is 6.72. The van der Waals surface area contributed by atoms with Gasteiger partial charge in [0.15, 0.2) is 0 Å². The lowest BCUT2D eigenvalue weighted by Crippen LogP contribution is -2.14. The fourth-order valence-corrected chi connectivity index (χ4v) is 4.33. The molecule has 148 valence electrons. The summed E-state index contributed by atoms with van der Waals surface area (Å²) in [4.78, 5) is 18.5. The van der Waals surface area contributed by atoms with Crippen LogP contribution >= 0.6 is 11.3 Å². The molecule has 0 fully saturated rings. The Labute approximate surface area is 173 Å². The van der Waals surface area contributed by atoms with Crippen molar-refractivity contribution in [2.75, 3.05) is 20.6 Å². The van der Waals surface area contributed by atoms with Crippen molar-refractivity contribution in [2.24, 2.45) is 0 Å². The maximum atomic E-state index is 11.9. The van der Waals surface area contributed by atoms with Gasteiger partial charge in [-0.05, 0) is 67.6 Å². The third-order valence-electron chi connectivity index (χ3n) is 5.04. The first-order valence-corrected chi connectivity index (χ1v) is 10.5. The van der Waals surface area contributed by atoms with Gasteiger partial charge in [-0.2, -0.15) is 11.3 Å².